The second-order valence-electron chi connectivity index (χ2n) is 5.76. The van der Waals surface area contributed by atoms with Crippen LogP contribution in [0.5, 0.6) is 11.5 Å². The molecule has 0 saturated carbocycles. The van der Waals surface area contributed by atoms with Crippen LogP contribution in [0.4, 0.5) is 4.39 Å². The number of thiazole rings is 1. The van der Waals surface area contributed by atoms with E-state index in [0.717, 1.165) is 16.3 Å². The number of aromatic nitrogens is 1. The fourth-order valence-corrected chi connectivity index (χ4v) is 4.67. The minimum atomic E-state index is -1.23. The smallest absolute Gasteiger partial charge is 0.161 e. The molecule has 1 heterocycles. The number of hydrogen-bond donors (Lipinski definition) is 0. The van der Waals surface area contributed by atoms with E-state index in [2.05, 4.69) is 4.98 Å². The average Bonchev–Trinajstić information content (AvgIpc) is 3.12. The van der Waals surface area contributed by atoms with Gasteiger partial charge in [0.05, 0.1) is 30.9 Å². The van der Waals surface area contributed by atoms with Crippen molar-refractivity contribution in [3.05, 3.63) is 64.9 Å². The molecule has 1 aromatic heterocycles. The van der Waals surface area contributed by atoms with Crippen molar-refractivity contribution in [1.29, 1.82) is 0 Å². The third kappa shape index (κ3) is 4.93. The second-order valence-corrected chi connectivity index (χ2v) is 8.08. The van der Waals surface area contributed by atoms with Gasteiger partial charge in [-0.05, 0) is 31.2 Å². The van der Waals surface area contributed by atoms with Crippen LogP contribution in [0, 0.1) is 5.82 Å². The van der Waals surface area contributed by atoms with Gasteiger partial charge >= 0.3 is 0 Å². The molecular formula is C20H20FNO3S2. The van der Waals surface area contributed by atoms with Gasteiger partial charge < -0.3 is 9.47 Å². The van der Waals surface area contributed by atoms with E-state index in [9.17, 15) is 8.60 Å². The van der Waals surface area contributed by atoms with Gasteiger partial charge in [-0.2, -0.15) is 0 Å². The van der Waals surface area contributed by atoms with E-state index in [1.807, 2.05) is 30.5 Å². The molecule has 0 spiro atoms. The summed E-state index contributed by atoms with van der Waals surface area (Å²) in [6.45, 7) is 2.48. The summed E-state index contributed by atoms with van der Waals surface area (Å²) in [6.07, 6.45) is 0. The zero-order chi connectivity index (χ0) is 19.2. The van der Waals surface area contributed by atoms with E-state index in [4.69, 9.17) is 9.47 Å². The molecule has 0 amide bonds. The van der Waals surface area contributed by atoms with Crippen LogP contribution in [-0.2, 0) is 22.3 Å². The molecule has 0 fully saturated rings. The number of benzene rings is 2. The van der Waals surface area contributed by atoms with Crippen molar-refractivity contribution in [1.82, 2.24) is 4.98 Å². The van der Waals surface area contributed by atoms with Gasteiger partial charge in [0, 0.05) is 27.3 Å². The molecule has 0 N–H and O–H groups in total. The van der Waals surface area contributed by atoms with Crippen LogP contribution in [0.2, 0.25) is 0 Å². The largest absolute Gasteiger partial charge is 0.493 e. The Hall–Kier alpha value is -2.25. The predicted molar refractivity (Wildman–Crippen MR) is 107 cm³/mol. The average molecular weight is 406 g/mol. The summed E-state index contributed by atoms with van der Waals surface area (Å²) >= 11 is 1.48. The summed E-state index contributed by atoms with van der Waals surface area (Å²) in [5.41, 5.74) is 2.10. The van der Waals surface area contributed by atoms with E-state index >= 15 is 0 Å². The van der Waals surface area contributed by atoms with E-state index < -0.39 is 10.8 Å². The van der Waals surface area contributed by atoms with Gasteiger partial charge in [0.1, 0.15) is 10.8 Å². The number of rotatable bonds is 8. The van der Waals surface area contributed by atoms with Crippen molar-refractivity contribution in [2.75, 3.05) is 13.7 Å². The van der Waals surface area contributed by atoms with Crippen molar-refractivity contribution >= 4 is 22.1 Å². The third-order valence-electron chi connectivity index (χ3n) is 3.85. The normalized spacial score (nSPS) is 12.0. The Morgan fingerprint density at radius 2 is 1.96 bits per heavy atom. The monoisotopic (exact) mass is 405 g/mol. The van der Waals surface area contributed by atoms with E-state index in [-0.39, 0.29) is 11.6 Å². The predicted octanol–water partition coefficient (Wildman–Crippen LogP) is 4.81. The maximum absolute atomic E-state index is 13.7. The lowest BCUT2D eigenvalue weighted by Crippen LogP contribution is -2.01. The molecule has 4 nitrogen and oxygen atoms in total. The van der Waals surface area contributed by atoms with Crippen molar-refractivity contribution in [2.24, 2.45) is 0 Å². The van der Waals surface area contributed by atoms with Crippen LogP contribution in [0.25, 0.3) is 10.6 Å². The summed E-state index contributed by atoms with van der Waals surface area (Å²) in [4.78, 5) is 4.57. The molecule has 0 saturated heterocycles. The SMILES string of the molecule is CCOc1ccc(-c2nc(C[S@](=O)Cc3ccccc3F)cs2)cc1OC. The molecule has 0 aliphatic rings. The van der Waals surface area contributed by atoms with E-state index in [0.29, 0.717) is 29.4 Å². The summed E-state index contributed by atoms with van der Waals surface area (Å²) in [6, 6.07) is 12.1. The first kappa shape index (κ1) is 19.5. The Kier molecular flexibility index (Phi) is 6.58. The first-order valence-electron chi connectivity index (χ1n) is 8.44. The molecule has 3 rings (SSSR count). The molecule has 0 unspecified atom stereocenters. The molecule has 0 radical (unpaired) electrons. The number of methoxy groups -OCH3 is 1. The van der Waals surface area contributed by atoms with E-state index in [1.165, 1.54) is 17.4 Å². The molecule has 2 aromatic carbocycles. The second kappa shape index (κ2) is 9.10. The summed E-state index contributed by atoms with van der Waals surface area (Å²) < 4.78 is 37.0. The fourth-order valence-electron chi connectivity index (χ4n) is 2.59. The number of halogens is 1. The zero-order valence-corrected chi connectivity index (χ0v) is 16.7. The van der Waals surface area contributed by atoms with Crippen LogP contribution >= 0.6 is 11.3 Å². The minimum Gasteiger partial charge on any atom is -0.493 e. The zero-order valence-electron chi connectivity index (χ0n) is 15.1. The number of nitrogens with zero attached hydrogens (tertiary/aromatic N) is 1. The maximum atomic E-state index is 13.7. The van der Waals surface area contributed by atoms with Gasteiger partial charge in [-0.25, -0.2) is 9.37 Å². The quantitative estimate of drug-likeness (QED) is 0.540. The van der Waals surface area contributed by atoms with Crippen molar-refractivity contribution in [2.45, 2.75) is 18.4 Å². The van der Waals surface area contributed by atoms with Crippen molar-refractivity contribution < 1.29 is 18.1 Å². The maximum Gasteiger partial charge on any atom is 0.161 e. The molecule has 142 valence electrons. The third-order valence-corrected chi connectivity index (χ3v) is 6.04. The molecular weight excluding hydrogens is 385 g/mol. The standard InChI is InChI=1S/C20H20FNO3S2/c1-3-25-18-9-8-14(10-19(18)24-2)20-22-16(11-26-20)13-27(23)12-15-6-4-5-7-17(15)21/h4-11H,3,12-13H2,1-2H3/t27-/m1/s1. The van der Waals surface area contributed by atoms with Gasteiger partial charge in [0.2, 0.25) is 0 Å². The summed E-state index contributed by atoms with van der Waals surface area (Å²) in [5, 5.41) is 2.70. The minimum absolute atomic E-state index is 0.177. The molecule has 0 bridgehead atoms. The number of hydrogen-bond acceptors (Lipinski definition) is 5. The fraction of sp³-hybridized carbons (Fsp3) is 0.250. The molecule has 0 aliphatic heterocycles. The van der Waals surface area contributed by atoms with Gasteiger partial charge in [-0.1, -0.05) is 18.2 Å². The highest BCUT2D eigenvalue weighted by Gasteiger charge is 2.13. The first-order chi connectivity index (χ1) is 13.1. The Labute approximate surface area is 164 Å². The van der Waals surface area contributed by atoms with Crippen molar-refractivity contribution in [3.63, 3.8) is 0 Å². The lowest BCUT2D eigenvalue weighted by Gasteiger charge is -2.09. The Morgan fingerprint density at radius 1 is 1.15 bits per heavy atom. The van der Waals surface area contributed by atoms with Crippen LogP contribution < -0.4 is 9.47 Å². The molecule has 1 atom stereocenters. The molecule has 0 aliphatic carbocycles. The van der Waals surface area contributed by atoms with E-state index in [1.54, 1.807) is 25.3 Å². The van der Waals surface area contributed by atoms with Gasteiger partial charge in [-0.15, -0.1) is 11.3 Å². The summed E-state index contributed by atoms with van der Waals surface area (Å²) in [5.74, 6) is 1.47. The Balaban J connectivity index is 1.71. The number of ether oxygens (including phenoxy) is 2. The van der Waals surface area contributed by atoms with Crippen LogP contribution in [-0.4, -0.2) is 22.9 Å². The lowest BCUT2D eigenvalue weighted by molar-refractivity contribution is 0.311. The molecule has 7 heteroatoms. The molecule has 27 heavy (non-hydrogen) atoms. The van der Waals surface area contributed by atoms with Crippen LogP contribution in [0.1, 0.15) is 18.2 Å². The van der Waals surface area contributed by atoms with Gasteiger partial charge in [-0.3, -0.25) is 4.21 Å². The highest BCUT2D eigenvalue weighted by Crippen LogP contribution is 2.34. The topological polar surface area (TPSA) is 48.4 Å². The lowest BCUT2D eigenvalue weighted by atomic mass is 10.2. The van der Waals surface area contributed by atoms with Crippen LogP contribution in [0.3, 0.4) is 0 Å². The Morgan fingerprint density at radius 3 is 2.70 bits per heavy atom. The Bertz CT molecular complexity index is 942. The van der Waals surface area contributed by atoms with Gasteiger partial charge in [0.25, 0.3) is 0 Å². The highest BCUT2D eigenvalue weighted by atomic mass is 32.2. The van der Waals surface area contributed by atoms with Crippen LogP contribution in [0.15, 0.2) is 47.8 Å². The van der Waals surface area contributed by atoms with Crippen molar-refractivity contribution in [3.8, 4) is 22.1 Å². The molecule has 3 aromatic rings. The highest BCUT2D eigenvalue weighted by molar-refractivity contribution is 7.83. The van der Waals surface area contributed by atoms with Gasteiger partial charge in [0.15, 0.2) is 11.5 Å². The first-order valence-corrected chi connectivity index (χ1v) is 10.8. The summed E-state index contributed by atoms with van der Waals surface area (Å²) in [7, 11) is 0.370.